The van der Waals surface area contributed by atoms with Gasteiger partial charge in [-0.25, -0.2) is 4.79 Å². The van der Waals surface area contributed by atoms with Gasteiger partial charge < -0.3 is 30.3 Å². The molecule has 0 aliphatic heterocycles. The number of aryl methyl sites for hydroxylation is 1. The Morgan fingerprint density at radius 3 is 2.43 bits per heavy atom. The van der Waals surface area contributed by atoms with E-state index in [9.17, 15) is 14.4 Å². The first-order chi connectivity index (χ1) is 16.6. The van der Waals surface area contributed by atoms with Gasteiger partial charge in [-0.3, -0.25) is 9.59 Å². The number of aliphatic hydroxyl groups excluding tert-OH is 1. The first-order valence-corrected chi connectivity index (χ1v) is 11.5. The number of aliphatic hydroxyl groups is 1. The standard InChI is InChI=1S/C26H34N2O7/c1-26(2,3)35-25(33)28-22(24(32)27-15-16-29)17-19-5-4-6-20(13-9-19)34-21-11-7-18(8-12-21)10-14-23(30)31/h5-9,11-13,22,29H,4,10,14-17H2,1-3H3,(H,27,32)(H,28,33)(H,30,31). The van der Waals surface area contributed by atoms with Crippen molar-refractivity contribution in [3.05, 3.63) is 65.5 Å². The zero-order valence-electron chi connectivity index (χ0n) is 20.4. The third kappa shape index (κ3) is 10.9. The molecule has 0 saturated heterocycles. The Morgan fingerprint density at radius 1 is 1.09 bits per heavy atom. The number of allylic oxidation sites excluding steroid dienone is 4. The van der Waals surface area contributed by atoms with Crippen LogP contribution in [0.4, 0.5) is 4.79 Å². The van der Waals surface area contributed by atoms with Crippen molar-refractivity contribution in [2.45, 2.75) is 58.1 Å². The van der Waals surface area contributed by atoms with Crippen molar-refractivity contribution in [2.75, 3.05) is 13.2 Å². The summed E-state index contributed by atoms with van der Waals surface area (Å²) < 4.78 is 11.2. The highest BCUT2D eigenvalue weighted by Crippen LogP contribution is 2.21. The summed E-state index contributed by atoms with van der Waals surface area (Å²) >= 11 is 0. The van der Waals surface area contributed by atoms with Crippen LogP contribution < -0.4 is 15.4 Å². The molecule has 0 aromatic heterocycles. The van der Waals surface area contributed by atoms with Gasteiger partial charge in [0.1, 0.15) is 23.2 Å². The van der Waals surface area contributed by atoms with Crippen molar-refractivity contribution < 1.29 is 34.1 Å². The van der Waals surface area contributed by atoms with E-state index >= 15 is 0 Å². The molecule has 9 heteroatoms. The van der Waals surface area contributed by atoms with Gasteiger partial charge in [0.15, 0.2) is 0 Å². The van der Waals surface area contributed by atoms with Gasteiger partial charge in [-0.2, -0.15) is 0 Å². The van der Waals surface area contributed by atoms with E-state index in [1.165, 1.54) is 0 Å². The molecule has 0 saturated carbocycles. The van der Waals surface area contributed by atoms with Crippen LogP contribution in [0.15, 0.2) is 59.9 Å². The van der Waals surface area contributed by atoms with Gasteiger partial charge in [-0.05, 0) is 69.0 Å². The van der Waals surface area contributed by atoms with Crippen LogP contribution in [-0.4, -0.2) is 53.0 Å². The number of aliphatic carboxylic acids is 1. The van der Waals surface area contributed by atoms with Gasteiger partial charge >= 0.3 is 12.1 Å². The molecule has 190 valence electrons. The minimum Gasteiger partial charge on any atom is -0.481 e. The summed E-state index contributed by atoms with van der Waals surface area (Å²) in [6.45, 7) is 5.08. The van der Waals surface area contributed by atoms with Crippen LogP contribution in [0.5, 0.6) is 5.75 Å². The lowest BCUT2D eigenvalue weighted by Crippen LogP contribution is -2.48. The zero-order valence-corrected chi connectivity index (χ0v) is 20.4. The molecule has 1 atom stereocenters. The molecule has 1 aromatic carbocycles. The van der Waals surface area contributed by atoms with Gasteiger partial charge in [0.25, 0.3) is 0 Å². The number of carboxylic acids is 1. The summed E-state index contributed by atoms with van der Waals surface area (Å²) in [4.78, 5) is 35.5. The van der Waals surface area contributed by atoms with E-state index in [4.69, 9.17) is 19.7 Å². The van der Waals surface area contributed by atoms with Gasteiger partial charge in [-0.1, -0.05) is 24.3 Å². The summed E-state index contributed by atoms with van der Waals surface area (Å²) in [5.41, 5.74) is 1.03. The summed E-state index contributed by atoms with van der Waals surface area (Å²) in [5.74, 6) is -0.0140. The van der Waals surface area contributed by atoms with Crippen LogP contribution >= 0.6 is 0 Å². The topological polar surface area (TPSA) is 134 Å². The number of carboxylic acid groups (broad SMARTS) is 1. The quantitative estimate of drug-likeness (QED) is 0.377. The Hall–Kier alpha value is -3.59. The van der Waals surface area contributed by atoms with Crippen molar-refractivity contribution in [2.24, 2.45) is 0 Å². The van der Waals surface area contributed by atoms with E-state index < -0.39 is 29.6 Å². The van der Waals surface area contributed by atoms with Gasteiger partial charge in [0, 0.05) is 19.4 Å². The van der Waals surface area contributed by atoms with E-state index in [0.29, 0.717) is 24.4 Å². The lowest BCUT2D eigenvalue weighted by atomic mass is 10.0. The van der Waals surface area contributed by atoms with Crippen LogP contribution in [0.2, 0.25) is 0 Å². The number of nitrogens with one attached hydrogen (secondary N) is 2. The van der Waals surface area contributed by atoms with Gasteiger partial charge in [0.2, 0.25) is 5.91 Å². The van der Waals surface area contributed by atoms with Crippen LogP contribution in [0, 0.1) is 0 Å². The Labute approximate surface area is 205 Å². The van der Waals surface area contributed by atoms with E-state index in [1.807, 2.05) is 30.4 Å². The molecule has 0 fully saturated rings. The molecule has 4 N–H and O–H groups in total. The van der Waals surface area contributed by atoms with Crippen molar-refractivity contribution in [3.8, 4) is 5.75 Å². The highest BCUT2D eigenvalue weighted by atomic mass is 16.6. The normalized spacial score (nSPS) is 14.2. The van der Waals surface area contributed by atoms with Crippen molar-refractivity contribution in [3.63, 3.8) is 0 Å². The third-order valence-corrected chi connectivity index (χ3v) is 4.81. The van der Waals surface area contributed by atoms with E-state index in [-0.39, 0.29) is 26.0 Å². The second kappa shape index (κ2) is 13.3. The number of ether oxygens (including phenoxy) is 2. The maximum Gasteiger partial charge on any atom is 0.408 e. The van der Waals surface area contributed by atoms with Crippen LogP contribution in [0.25, 0.3) is 0 Å². The van der Waals surface area contributed by atoms with E-state index in [2.05, 4.69) is 10.6 Å². The second-order valence-electron chi connectivity index (χ2n) is 9.01. The smallest absolute Gasteiger partial charge is 0.408 e. The Bertz CT molecular complexity index is 972. The van der Waals surface area contributed by atoms with Crippen molar-refractivity contribution in [1.82, 2.24) is 10.6 Å². The fourth-order valence-electron chi connectivity index (χ4n) is 3.19. The molecule has 2 rings (SSSR count). The molecule has 0 bridgehead atoms. The number of amides is 2. The summed E-state index contributed by atoms with van der Waals surface area (Å²) in [6, 6.07) is 6.37. The Balaban J connectivity index is 2.00. The number of hydrogen-bond acceptors (Lipinski definition) is 6. The summed E-state index contributed by atoms with van der Waals surface area (Å²) in [6.07, 6.45) is 8.05. The number of hydrogen-bond donors (Lipinski definition) is 4. The number of benzene rings is 1. The molecule has 0 heterocycles. The lowest BCUT2D eigenvalue weighted by molar-refractivity contribution is -0.137. The summed E-state index contributed by atoms with van der Waals surface area (Å²) in [5, 5.41) is 23.0. The van der Waals surface area contributed by atoms with Gasteiger partial charge in [-0.15, -0.1) is 0 Å². The first-order valence-electron chi connectivity index (χ1n) is 11.5. The maximum absolute atomic E-state index is 12.6. The number of alkyl carbamates (subject to hydrolysis) is 1. The minimum absolute atomic E-state index is 0.0738. The molecule has 0 spiro atoms. The Kier molecular flexibility index (Phi) is 10.5. The highest BCUT2D eigenvalue weighted by molar-refractivity contribution is 5.86. The Morgan fingerprint density at radius 2 is 1.80 bits per heavy atom. The number of carbonyl (C=O) groups excluding carboxylic acids is 2. The molecule has 1 aliphatic carbocycles. The average molecular weight is 487 g/mol. The van der Waals surface area contributed by atoms with Gasteiger partial charge in [0.05, 0.1) is 6.61 Å². The molecule has 1 unspecified atom stereocenters. The average Bonchev–Trinajstić information content (AvgIpc) is 3.00. The molecule has 1 aliphatic rings. The van der Waals surface area contributed by atoms with Crippen molar-refractivity contribution >= 4 is 18.0 Å². The van der Waals surface area contributed by atoms with E-state index in [0.717, 1.165) is 11.1 Å². The second-order valence-corrected chi connectivity index (χ2v) is 9.01. The minimum atomic E-state index is -0.881. The van der Waals surface area contributed by atoms with Crippen molar-refractivity contribution in [1.29, 1.82) is 0 Å². The zero-order chi connectivity index (χ0) is 25.8. The molecule has 0 radical (unpaired) electrons. The maximum atomic E-state index is 12.6. The van der Waals surface area contributed by atoms with Crippen LogP contribution in [0.3, 0.4) is 0 Å². The molecule has 2 amide bonds. The predicted octanol–water partition coefficient (Wildman–Crippen LogP) is 3.24. The predicted molar refractivity (Wildman–Crippen MR) is 131 cm³/mol. The third-order valence-electron chi connectivity index (χ3n) is 4.81. The fraction of sp³-hybridized carbons (Fsp3) is 0.423. The first kappa shape index (κ1) is 27.7. The van der Waals surface area contributed by atoms with Crippen LogP contribution in [0.1, 0.15) is 45.6 Å². The summed E-state index contributed by atoms with van der Waals surface area (Å²) in [7, 11) is 0. The fourth-order valence-corrected chi connectivity index (χ4v) is 3.19. The highest BCUT2D eigenvalue weighted by Gasteiger charge is 2.25. The molecular weight excluding hydrogens is 452 g/mol. The molecule has 1 aromatic rings. The molecule has 9 nitrogen and oxygen atoms in total. The monoisotopic (exact) mass is 486 g/mol. The lowest BCUT2D eigenvalue weighted by Gasteiger charge is -2.23. The molecular formula is C26H34N2O7. The molecule has 35 heavy (non-hydrogen) atoms. The number of rotatable bonds is 11. The van der Waals surface area contributed by atoms with Crippen LogP contribution in [-0.2, 0) is 20.7 Å². The van der Waals surface area contributed by atoms with E-state index in [1.54, 1.807) is 39.0 Å². The SMILES string of the molecule is CC(C)(C)OC(=O)NC(CC1=CCC=C(Oc2ccc(CCC(=O)O)cc2)C=C1)C(=O)NCCO. The number of carbonyl (C=O) groups is 3. The largest absolute Gasteiger partial charge is 0.481 e.